The molecule has 1 atom stereocenters. The number of benzene rings is 1. The van der Waals surface area contributed by atoms with E-state index in [4.69, 9.17) is 16.3 Å². The van der Waals surface area contributed by atoms with Crippen molar-refractivity contribution in [2.75, 3.05) is 7.11 Å². The van der Waals surface area contributed by atoms with E-state index in [1.165, 1.54) is 20.1 Å². The van der Waals surface area contributed by atoms with E-state index in [-0.39, 0.29) is 17.4 Å². The van der Waals surface area contributed by atoms with Gasteiger partial charge in [-0.15, -0.1) is 0 Å². The van der Waals surface area contributed by atoms with Crippen molar-refractivity contribution in [3.05, 3.63) is 28.8 Å². The summed E-state index contributed by atoms with van der Waals surface area (Å²) in [5.41, 5.74) is 4.75. The third-order valence-corrected chi connectivity index (χ3v) is 3.25. The molecule has 0 aliphatic carbocycles. The maximum atomic E-state index is 12.1. The van der Waals surface area contributed by atoms with Crippen LogP contribution >= 0.6 is 11.6 Å². The van der Waals surface area contributed by atoms with Gasteiger partial charge in [-0.05, 0) is 24.1 Å². The Morgan fingerprint density at radius 3 is 2.35 bits per heavy atom. The third-order valence-electron chi connectivity index (χ3n) is 3.01. The summed E-state index contributed by atoms with van der Waals surface area (Å²) in [5, 5.41) is 2.89. The average Bonchev–Trinajstić information content (AvgIpc) is 2.49. The minimum atomic E-state index is -0.756. The number of hydrazine groups is 1. The molecule has 126 valence electrons. The number of rotatable bonds is 5. The molecule has 1 rings (SSSR count). The van der Waals surface area contributed by atoms with Crippen LogP contribution in [0.3, 0.4) is 0 Å². The van der Waals surface area contributed by atoms with Crippen LogP contribution in [0.25, 0.3) is 0 Å². The number of ether oxygens (including phenoxy) is 1. The fraction of sp³-hybridized carbons (Fsp3) is 0.400. The maximum absolute atomic E-state index is 12.1. The molecule has 0 aromatic heterocycles. The van der Waals surface area contributed by atoms with Crippen molar-refractivity contribution in [3.63, 3.8) is 0 Å². The van der Waals surface area contributed by atoms with Crippen LogP contribution in [0.4, 0.5) is 0 Å². The zero-order valence-electron chi connectivity index (χ0n) is 13.4. The normalized spacial score (nSPS) is 11.6. The van der Waals surface area contributed by atoms with Crippen LogP contribution < -0.4 is 20.9 Å². The van der Waals surface area contributed by atoms with Crippen molar-refractivity contribution in [2.45, 2.75) is 26.8 Å². The van der Waals surface area contributed by atoms with Crippen LogP contribution in [0, 0.1) is 5.92 Å². The molecule has 1 aromatic rings. The van der Waals surface area contributed by atoms with Gasteiger partial charge in [0.05, 0.1) is 12.7 Å². The molecular weight excluding hydrogens is 322 g/mol. The van der Waals surface area contributed by atoms with Gasteiger partial charge < -0.3 is 10.1 Å². The molecule has 0 heterocycles. The summed E-state index contributed by atoms with van der Waals surface area (Å²) in [5.74, 6) is -1.26. The zero-order chi connectivity index (χ0) is 17.6. The van der Waals surface area contributed by atoms with Crippen LogP contribution in [-0.4, -0.2) is 30.9 Å². The second kappa shape index (κ2) is 8.38. The predicted molar refractivity (Wildman–Crippen MR) is 86.1 cm³/mol. The van der Waals surface area contributed by atoms with E-state index in [1.807, 2.05) is 0 Å². The average molecular weight is 342 g/mol. The SMILES string of the molecule is COc1ccc(Cl)cc1C(=O)NNC(=O)C(NC(C)=O)C(C)C. The van der Waals surface area contributed by atoms with Crippen molar-refractivity contribution in [1.29, 1.82) is 0 Å². The lowest BCUT2D eigenvalue weighted by atomic mass is 10.0. The van der Waals surface area contributed by atoms with Crippen LogP contribution in [0.1, 0.15) is 31.1 Å². The van der Waals surface area contributed by atoms with E-state index in [1.54, 1.807) is 26.0 Å². The number of carbonyl (C=O) groups is 3. The molecule has 23 heavy (non-hydrogen) atoms. The number of hydrogen-bond donors (Lipinski definition) is 3. The first-order chi connectivity index (χ1) is 10.8. The molecule has 0 aliphatic rings. The molecule has 8 heteroatoms. The number of carbonyl (C=O) groups excluding carboxylic acids is 3. The van der Waals surface area contributed by atoms with Gasteiger partial charge in [0.2, 0.25) is 5.91 Å². The standard InChI is InChI=1S/C15H20ClN3O4/c1-8(2)13(17-9(3)20)15(22)19-18-14(21)11-7-10(16)5-6-12(11)23-4/h5-8,13H,1-4H3,(H,17,20)(H,18,21)(H,19,22). The van der Waals surface area contributed by atoms with E-state index in [0.29, 0.717) is 10.8 Å². The Hall–Kier alpha value is -2.28. The largest absolute Gasteiger partial charge is 0.496 e. The lowest BCUT2D eigenvalue weighted by molar-refractivity contribution is -0.129. The summed E-state index contributed by atoms with van der Waals surface area (Å²) in [6.07, 6.45) is 0. The van der Waals surface area contributed by atoms with Gasteiger partial charge in [-0.3, -0.25) is 25.2 Å². The van der Waals surface area contributed by atoms with Crippen molar-refractivity contribution >= 4 is 29.3 Å². The van der Waals surface area contributed by atoms with E-state index in [0.717, 1.165) is 0 Å². The molecule has 0 saturated carbocycles. The summed E-state index contributed by atoms with van der Waals surface area (Å²) >= 11 is 5.86. The number of hydrogen-bond acceptors (Lipinski definition) is 4. The molecule has 0 bridgehead atoms. The van der Waals surface area contributed by atoms with Gasteiger partial charge in [0.15, 0.2) is 0 Å². The Morgan fingerprint density at radius 2 is 1.83 bits per heavy atom. The molecule has 0 fully saturated rings. The van der Waals surface area contributed by atoms with Crippen LogP contribution in [0.5, 0.6) is 5.75 Å². The van der Waals surface area contributed by atoms with Gasteiger partial charge in [0, 0.05) is 11.9 Å². The van der Waals surface area contributed by atoms with Crippen LogP contribution in [0.15, 0.2) is 18.2 Å². The van der Waals surface area contributed by atoms with Gasteiger partial charge >= 0.3 is 0 Å². The van der Waals surface area contributed by atoms with Gasteiger partial charge in [-0.2, -0.15) is 0 Å². The highest BCUT2D eigenvalue weighted by Crippen LogP contribution is 2.22. The van der Waals surface area contributed by atoms with E-state index < -0.39 is 17.9 Å². The highest BCUT2D eigenvalue weighted by molar-refractivity contribution is 6.31. The first-order valence-corrected chi connectivity index (χ1v) is 7.35. The molecule has 7 nitrogen and oxygen atoms in total. The Morgan fingerprint density at radius 1 is 1.17 bits per heavy atom. The first-order valence-electron chi connectivity index (χ1n) is 6.97. The highest BCUT2D eigenvalue weighted by atomic mass is 35.5. The predicted octanol–water partition coefficient (Wildman–Crippen LogP) is 1.27. The number of methoxy groups -OCH3 is 1. The maximum Gasteiger partial charge on any atom is 0.273 e. The third kappa shape index (κ3) is 5.45. The Labute approximate surface area is 139 Å². The second-order valence-corrected chi connectivity index (χ2v) is 5.65. The highest BCUT2D eigenvalue weighted by Gasteiger charge is 2.23. The van der Waals surface area contributed by atoms with Crippen LogP contribution in [0.2, 0.25) is 5.02 Å². The summed E-state index contributed by atoms with van der Waals surface area (Å²) in [4.78, 5) is 35.4. The Balaban J connectivity index is 2.77. The van der Waals surface area contributed by atoms with Crippen molar-refractivity contribution in [2.24, 2.45) is 5.92 Å². The molecule has 1 aromatic carbocycles. The Bertz CT molecular complexity index is 604. The van der Waals surface area contributed by atoms with Gasteiger partial charge in [-0.1, -0.05) is 25.4 Å². The number of halogens is 1. The quantitative estimate of drug-likeness (QED) is 0.703. The molecular formula is C15H20ClN3O4. The summed E-state index contributed by atoms with van der Waals surface area (Å²) in [6.45, 7) is 4.88. The molecule has 0 spiro atoms. The van der Waals surface area contributed by atoms with E-state index >= 15 is 0 Å². The number of amides is 3. The van der Waals surface area contributed by atoms with Crippen LogP contribution in [-0.2, 0) is 9.59 Å². The number of nitrogens with one attached hydrogen (secondary N) is 3. The fourth-order valence-corrected chi connectivity index (χ4v) is 2.05. The molecule has 3 N–H and O–H groups in total. The summed E-state index contributed by atoms with van der Waals surface area (Å²) in [6, 6.07) is 3.80. The van der Waals surface area contributed by atoms with Crippen molar-refractivity contribution in [1.82, 2.24) is 16.2 Å². The Kier molecular flexibility index (Phi) is 6.84. The summed E-state index contributed by atoms with van der Waals surface area (Å²) in [7, 11) is 1.42. The minimum absolute atomic E-state index is 0.142. The monoisotopic (exact) mass is 341 g/mol. The fourth-order valence-electron chi connectivity index (χ4n) is 1.88. The molecule has 1 unspecified atom stereocenters. The van der Waals surface area contributed by atoms with Gasteiger partial charge in [0.25, 0.3) is 11.8 Å². The molecule has 0 radical (unpaired) electrons. The van der Waals surface area contributed by atoms with E-state index in [9.17, 15) is 14.4 Å². The van der Waals surface area contributed by atoms with E-state index in [2.05, 4.69) is 16.2 Å². The van der Waals surface area contributed by atoms with Gasteiger partial charge in [0.1, 0.15) is 11.8 Å². The minimum Gasteiger partial charge on any atom is -0.496 e. The topological polar surface area (TPSA) is 96.5 Å². The zero-order valence-corrected chi connectivity index (χ0v) is 14.2. The molecule has 0 saturated heterocycles. The molecule has 0 aliphatic heterocycles. The van der Waals surface area contributed by atoms with Gasteiger partial charge in [-0.25, -0.2) is 0 Å². The lowest BCUT2D eigenvalue weighted by Gasteiger charge is -2.21. The first kappa shape index (κ1) is 18.8. The van der Waals surface area contributed by atoms with Crippen molar-refractivity contribution in [3.8, 4) is 5.75 Å². The smallest absolute Gasteiger partial charge is 0.273 e. The lowest BCUT2D eigenvalue weighted by Crippen LogP contribution is -2.54. The van der Waals surface area contributed by atoms with Crippen molar-refractivity contribution < 1.29 is 19.1 Å². The second-order valence-electron chi connectivity index (χ2n) is 5.21. The molecule has 3 amide bonds. The summed E-state index contributed by atoms with van der Waals surface area (Å²) < 4.78 is 5.08.